The highest BCUT2D eigenvalue weighted by atomic mass is 35.5. The Bertz CT molecular complexity index is 1020. The summed E-state index contributed by atoms with van der Waals surface area (Å²) in [6, 6.07) is 5.85. The van der Waals surface area contributed by atoms with E-state index < -0.39 is 0 Å². The van der Waals surface area contributed by atoms with Gasteiger partial charge in [-0.1, -0.05) is 42.3 Å². The van der Waals surface area contributed by atoms with Gasteiger partial charge < -0.3 is 9.32 Å². The fraction of sp³-hybridized carbons (Fsp3) is 0.435. The van der Waals surface area contributed by atoms with Crippen LogP contribution >= 0.6 is 23.4 Å². The van der Waals surface area contributed by atoms with Crippen molar-refractivity contribution < 1.29 is 4.42 Å². The maximum atomic E-state index is 6.64. The van der Waals surface area contributed by atoms with Crippen molar-refractivity contribution in [2.24, 2.45) is 5.41 Å². The summed E-state index contributed by atoms with van der Waals surface area (Å²) < 4.78 is 5.52. The number of aromatic nitrogens is 3. The molecule has 2 aliphatic rings. The number of anilines is 1. The minimum atomic E-state index is 0.534. The Morgan fingerprint density at radius 3 is 2.53 bits per heavy atom. The van der Waals surface area contributed by atoms with Gasteiger partial charge in [0.25, 0.3) is 0 Å². The molecule has 0 N–H and O–H groups in total. The summed E-state index contributed by atoms with van der Waals surface area (Å²) in [7, 11) is 0. The molecule has 3 aromatic rings. The molecule has 1 aliphatic heterocycles. The van der Waals surface area contributed by atoms with E-state index >= 15 is 0 Å². The van der Waals surface area contributed by atoms with Gasteiger partial charge in [-0.3, -0.25) is 0 Å². The van der Waals surface area contributed by atoms with Crippen molar-refractivity contribution in [1.82, 2.24) is 15.0 Å². The van der Waals surface area contributed by atoms with Crippen molar-refractivity contribution in [3.63, 3.8) is 0 Å². The number of hydrogen-bond donors (Lipinski definition) is 0. The van der Waals surface area contributed by atoms with E-state index in [4.69, 9.17) is 21.0 Å². The van der Waals surface area contributed by atoms with Crippen LogP contribution in [0.15, 0.2) is 51.2 Å². The van der Waals surface area contributed by atoms with Crippen molar-refractivity contribution >= 4 is 29.2 Å². The first-order valence-electron chi connectivity index (χ1n) is 10.6. The zero-order chi connectivity index (χ0) is 20.6. The number of oxazole rings is 1. The van der Waals surface area contributed by atoms with Gasteiger partial charge in [0.15, 0.2) is 0 Å². The van der Waals surface area contributed by atoms with E-state index in [2.05, 4.69) is 14.9 Å². The van der Waals surface area contributed by atoms with Gasteiger partial charge in [0.05, 0.1) is 28.7 Å². The molecule has 2 fully saturated rings. The SMILES string of the molecule is Cc1coc(-c2cccc(Sc3cnc(N4CCC5(CCCC5)CC4)cn3)c2Cl)n1. The average molecular weight is 441 g/mol. The molecule has 3 heterocycles. The maximum Gasteiger partial charge on any atom is 0.227 e. The van der Waals surface area contributed by atoms with Crippen LogP contribution in [-0.2, 0) is 0 Å². The first-order chi connectivity index (χ1) is 14.6. The minimum absolute atomic E-state index is 0.534. The fourth-order valence-corrected chi connectivity index (χ4v) is 5.81. The lowest BCUT2D eigenvalue weighted by atomic mass is 9.77. The van der Waals surface area contributed by atoms with Crippen molar-refractivity contribution in [2.45, 2.75) is 55.4 Å². The minimum Gasteiger partial charge on any atom is -0.444 e. The van der Waals surface area contributed by atoms with E-state index in [1.807, 2.05) is 37.5 Å². The molecule has 1 aromatic carbocycles. The molecule has 1 saturated heterocycles. The van der Waals surface area contributed by atoms with E-state index in [1.54, 1.807) is 6.26 Å². The Kier molecular flexibility index (Phi) is 5.46. The van der Waals surface area contributed by atoms with Gasteiger partial charge in [0.1, 0.15) is 17.1 Å². The van der Waals surface area contributed by atoms with Gasteiger partial charge >= 0.3 is 0 Å². The molecular weight excluding hydrogens is 416 g/mol. The number of piperidine rings is 1. The second-order valence-electron chi connectivity index (χ2n) is 8.42. The van der Waals surface area contributed by atoms with Gasteiger partial charge in [0, 0.05) is 18.0 Å². The third-order valence-electron chi connectivity index (χ3n) is 6.45. The lowest BCUT2D eigenvalue weighted by Crippen LogP contribution is -2.39. The van der Waals surface area contributed by atoms with E-state index in [9.17, 15) is 0 Å². The number of rotatable bonds is 4. The first-order valence-corrected chi connectivity index (χ1v) is 11.8. The Hall–Kier alpha value is -2.05. The van der Waals surface area contributed by atoms with Crippen LogP contribution in [0.5, 0.6) is 0 Å². The second kappa shape index (κ2) is 8.23. The second-order valence-corrected chi connectivity index (χ2v) is 9.86. The third kappa shape index (κ3) is 3.95. The van der Waals surface area contributed by atoms with Crippen LogP contribution in [0.2, 0.25) is 5.02 Å². The Labute approximate surface area is 186 Å². The highest BCUT2D eigenvalue weighted by Crippen LogP contribution is 2.46. The summed E-state index contributed by atoms with van der Waals surface area (Å²) in [6.45, 7) is 4.07. The molecular formula is C23H25ClN4OS. The molecule has 30 heavy (non-hydrogen) atoms. The Morgan fingerprint density at radius 1 is 1.07 bits per heavy atom. The molecule has 1 aliphatic carbocycles. The molecule has 0 bridgehead atoms. The molecule has 7 heteroatoms. The molecule has 2 aromatic heterocycles. The molecule has 1 spiro atoms. The maximum absolute atomic E-state index is 6.64. The molecule has 5 nitrogen and oxygen atoms in total. The number of nitrogens with zero attached hydrogens (tertiary/aromatic N) is 4. The van der Waals surface area contributed by atoms with Crippen LogP contribution in [0.1, 0.15) is 44.2 Å². The summed E-state index contributed by atoms with van der Waals surface area (Å²) in [6.07, 6.45) is 13.6. The quantitative estimate of drug-likeness (QED) is 0.467. The molecule has 156 valence electrons. The van der Waals surface area contributed by atoms with E-state index in [1.165, 1.54) is 50.3 Å². The fourth-order valence-electron chi connectivity index (χ4n) is 4.71. The van der Waals surface area contributed by atoms with Crippen molar-refractivity contribution in [3.05, 3.63) is 47.6 Å². The average Bonchev–Trinajstić information content (AvgIpc) is 3.40. The monoisotopic (exact) mass is 440 g/mol. The number of benzene rings is 1. The number of halogens is 1. The van der Waals surface area contributed by atoms with E-state index in [0.29, 0.717) is 16.3 Å². The zero-order valence-corrected chi connectivity index (χ0v) is 18.7. The van der Waals surface area contributed by atoms with Crippen LogP contribution in [0.3, 0.4) is 0 Å². The predicted octanol–water partition coefficient (Wildman–Crippen LogP) is 6.41. The molecule has 0 unspecified atom stereocenters. The Morgan fingerprint density at radius 2 is 1.87 bits per heavy atom. The largest absolute Gasteiger partial charge is 0.444 e. The van der Waals surface area contributed by atoms with Gasteiger partial charge in [-0.25, -0.2) is 15.0 Å². The van der Waals surface area contributed by atoms with Gasteiger partial charge in [0.2, 0.25) is 5.89 Å². The third-order valence-corrected chi connectivity index (χ3v) is 7.95. The van der Waals surface area contributed by atoms with E-state index in [-0.39, 0.29) is 0 Å². The summed E-state index contributed by atoms with van der Waals surface area (Å²) in [5.74, 6) is 1.51. The summed E-state index contributed by atoms with van der Waals surface area (Å²) >= 11 is 8.14. The normalized spacial score (nSPS) is 18.3. The molecule has 0 radical (unpaired) electrons. The topological polar surface area (TPSA) is 55.1 Å². The molecule has 0 atom stereocenters. The summed E-state index contributed by atoms with van der Waals surface area (Å²) in [5, 5.41) is 1.44. The van der Waals surface area contributed by atoms with Gasteiger partial charge in [-0.2, -0.15) is 0 Å². The standard InChI is InChI=1S/C23H25ClN4OS/c1-16-15-29-22(27-16)17-5-4-6-18(21(17)24)30-20-14-25-19(13-26-20)28-11-9-23(10-12-28)7-2-3-8-23/h4-6,13-15H,2-3,7-12H2,1H3. The molecule has 1 saturated carbocycles. The molecule has 5 rings (SSSR count). The van der Waals surface area contributed by atoms with Crippen LogP contribution in [0.25, 0.3) is 11.5 Å². The van der Waals surface area contributed by atoms with Crippen molar-refractivity contribution in [3.8, 4) is 11.5 Å². The zero-order valence-electron chi connectivity index (χ0n) is 17.1. The van der Waals surface area contributed by atoms with Gasteiger partial charge in [-0.05, 0) is 50.2 Å². The van der Waals surface area contributed by atoms with Crippen LogP contribution in [-0.4, -0.2) is 28.0 Å². The van der Waals surface area contributed by atoms with Gasteiger partial charge in [-0.15, -0.1) is 0 Å². The number of aryl methyl sites for hydroxylation is 1. The first kappa shape index (κ1) is 19.9. The van der Waals surface area contributed by atoms with E-state index in [0.717, 1.165) is 40.1 Å². The number of hydrogen-bond acceptors (Lipinski definition) is 6. The highest BCUT2D eigenvalue weighted by molar-refractivity contribution is 7.99. The Balaban J connectivity index is 1.28. The lowest BCUT2D eigenvalue weighted by Gasteiger charge is -2.39. The molecule has 0 amide bonds. The van der Waals surface area contributed by atoms with Crippen LogP contribution in [0.4, 0.5) is 5.82 Å². The lowest BCUT2D eigenvalue weighted by molar-refractivity contribution is 0.226. The van der Waals surface area contributed by atoms with Crippen molar-refractivity contribution in [1.29, 1.82) is 0 Å². The highest BCUT2D eigenvalue weighted by Gasteiger charge is 2.37. The van der Waals surface area contributed by atoms with Crippen molar-refractivity contribution in [2.75, 3.05) is 18.0 Å². The van der Waals surface area contributed by atoms with Crippen LogP contribution in [0, 0.1) is 12.3 Å². The van der Waals surface area contributed by atoms with Crippen LogP contribution < -0.4 is 4.90 Å². The smallest absolute Gasteiger partial charge is 0.227 e. The predicted molar refractivity (Wildman–Crippen MR) is 120 cm³/mol. The summed E-state index contributed by atoms with van der Waals surface area (Å²) in [5.41, 5.74) is 2.23. The summed E-state index contributed by atoms with van der Waals surface area (Å²) in [4.78, 5) is 17.0.